The second kappa shape index (κ2) is 5.26. The fraction of sp³-hybridized carbons (Fsp3) is 0.333. The molecule has 1 aromatic carbocycles. The van der Waals surface area contributed by atoms with Crippen LogP contribution in [-0.4, -0.2) is 15.9 Å². The Morgan fingerprint density at radius 1 is 1.37 bits per heavy atom. The van der Waals surface area contributed by atoms with Crippen molar-refractivity contribution in [2.24, 2.45) is 5.92 Å². The number of fused-ring (bicyclic) bond motifs is 1. The number of benzene rings is 1. The van der Waals surface area contributed by atoms with E-state index in [-0.39, 0.29) is 11.8 Å². The van der Waals surface area contributed by atoms with Crippen molar-refractivity contribution in [3.8, 4) is 0 Å². The Morgan fingerprint density at radius 3 is 3.05 bits per heavy atom. The molecule has 1 heterocycles. The summed E-state index contributed by atoms with van der Waals surface area (Å²) in [5.41, 5.74) is 1.94. The Labute approximate surface area is 111 Å². The molecule has 2 aromatic rings. The Morgan fingerprint density at radius 2 is 2.26 bits per heavy atom. The zero-order valence-electron chi connectivity index (χ0n) is 10.7. The van der Waals surface area contributed by atoms with Crippen molar-refractivity contribution in [3.63, 3.8) is 0 Å². The molecule has 1 aliphatic rings. The summed E-state index contributed by atoms with van der Waals surface area (Å²) in [5, 5.41) is 2.96. The Hall–Kier alpha value is -2.10. The molecule has 98 valence electrons. The van der Waals surface area contributed by atoms with Gasteiger partial charge in [-0.3, -0.25) is 4.79 Å². The van der Waals surface area contributed by atoms with Crippen LogP contribution in [0.4, 0.5) is 0 Å². The van der Waals surface area contributed by atoms with Gasteiger partial charge in [0.15, 0.2) is 0 Å². The molecular formula is C15H17N3O. The molecule has 1 atom stereocenters. The van der Waals surface area contributed by atoms with E-state index in [4.69, 9.17) is 0 Å². The van der Waals surface area contributed by atoms with E-state index in [9.17, 15) is 4.79 Å². The lowest BCUT2D eigenvalue weighted by Gasteiger charge is -2.16. The topological polar surface area (TPSA) is 57.8 Å². The summed E-state index contributed by atoms with van der Waals surface area (Å²) in [7, 11) is 0. The summed E-state index contributed by atoms with van der Waals surface area (Å²) >= 11 is 0. The Kier molecular flexibility index (Phi) is 3.31. The molecule has 1 aromatic heterocycles. The first-order chi connectivity index (χ1) is 9.33. The minimum Gasteiger partial charge on any atom is -0.349 e. The molecule has 1 aliphatic carbocycles. The van der Waals surface area contributed by atoms with E-state index in [1.54, 1.807) is 0 Å². The number of hydrogen-bond donors (Lipinski definition) is 2. The van der Waals surface area contributed by atoms with Crippen LogP contribution in [0.5, 0.6) is 0 Å². The van der Waals surface area contributed by atoms with Crippen molar-refractivity contribution in [2.75, 3.05) is 0 Å². The molecule has 0 unspecified atom stereocenters. The van der Waals surface area contributed by atoms with Crippen molar-refractivity contribution in [2.45, 2.75) is 25.8 Å². The maximum Gasteiger partial charge on any atom is 0.223 e. The fourth-order valence-electron chi connectivity index (χ4n) is 2.44. The van der Waals surface area contributed by atoms with Gasteiger partial charge in [-0.1, -0.05) is 24.3 Å². The molecule has 0 fully saturated rings. The first-order valence-corrected chi connectivity index (χ1v) is 6.69. The number of imidazole rings is 1. The summed E-state index contributed by atoms with van der Waals surface area (Å²) in [6, 6.07) is 7.87. The van der Waals surface area contributed by atoms with Crippen LogP contribution >= 0.6 is 0 Å². The highest BCUT2D eigenvalue weighted by molar-refractivity contribution is 5.79. The monoisotopic (exact) mass is 255 g/mol. The molecule has 4 heteroatoms. The van der Waals surface area contributed by atoms with Gasteiger partial charge >= 0.3 is 0 Å². The first-order valence-electron chi connectivity index (χ1n) is 6.69. The fourth-order valence-corrected chi connectivity index (χ4v) is 2.44. The summed E-state index contributed by atoms with van der Waals surface area (Å²) in [6.07, 6.45) is 7.04. The highest BCUT2D eigenvalue weighted by Crippen LogP contribution is 2.18. The number of aromatic nitrogens is 2. The Balaban J connectivity index is 1.62. The number of allylic oxidation sites excluding steroid dienone is 2. The lowest BCUT2D eigenvalue weighted by atomic mass is 9.94. The maximum absolute atomic E-state index is 12.0. The van der Waals surface area contributed by atoms with Gasteiger partial charge in [0.05, 0.1) is 17.6 Å². The van der Waals surface area contributed by atoms with Crippen molar-refractivity contribution in [1.29, 1.82) is 0 Å². The van der Waals surface area contributed by atoms with Gasteiger partial charge in [-0.2, -0.15) is 0 Å². The third kappa shape index (κ3) is 2.67. The number of aromatic amines is 1. The summed E-state index contributed by atoms with van der Waals surface area (Å²) in [6.45, 7) is 0.466. The zero-order valence-corrected chi connectivity index (χ0v) is 10.7. The van der Waals surface area contributed by atoms with Gasteiger partial charge in [0, 0.05) is 5.92 Å². The predicted octanol–water partition coefficient (Wildman–Crippen LogP) is 2.54. The molecule has 0 spiro atoms. The average Bonchev–Trinajstić information content (AvgIpc) is 2.88. The molecule has 1 amide bonds. The Bertz CT molecular complexity index is 582. The summed E-state index contributed by atoms with van der Waals surface area (Å²) in [4.78, 5) is 19.7. The first kappa shape index (κ1) is 12.0. The number of hydrogen-bond acceptors (Lipinski definition) is 2. The van der Waals surface area contributed by atoms with E-state index in [1.165, 1.54) is 0 Å². The number of amides is 1. The standard InChI is InChI=1S/C15H17N3O/c19-15(11-6-2-1-3-7-11)16-10-14-17-12-8-4-5-9-13(12)18-14/h1-2,4-5,8-9,11H,3,6-7,10H2,(H,16,19)(H,17,18)/t11-/m1/s1. The van der Waals surface area contributed by atoms with Crippen molar-refractivity contribution >= 4 is 16.9 Å². The second-order valence-corrected chi connectivity index (χ2v) is 4.90. The van der Waals surface area contributed by atoms with Crippen molar-refractivity contribution < 1.29 is 4.79 Å². The van der Waals surface area contributed by atoms with Gasteiger partial charge in [0.2, 0.25) is 5.91 Å². The van der Waals surface area contributed by atoms with E-state index >= 15 is 0 Å². The normalized spacial score (nSPS) is 18.6. The van der Waals surface area contributed by atoms with E-state index in [0.29, 0.717) is 6.54 Å². The molecule has 0 saturated carbocycles. The molecule has 0 radical (unpaired) electrons. The van der Waals surface area contributed by atoms with Crippen LogP contribution < -0.4 is 5.32 Å². The molecular weight excluding hydrogens is 238 g/mol. The minimum absolute atomic E-state index is 0.120. The van der Waals surface area contributed by atoms with Crippen LogP contribution in [0.15, 0.2) is 36.4 Å². The molecule has 2 N–H and O–H groups in total. The van der Waals surface area contributed by atoms with Gasteiger partial charge < -0.3 is 10.3 Å². The molecule has 19 heavy (non-hydrogen) atoms. The summed E-state index contributed by atoms with van der Waals surface area (Å²) < 4.78 is 0. The summed E-state index contributed by atoms with van der Waals surface area (Å²) in [5.74, 6) is 1.06. The number of rotatable bonds is 3. The van der Waals surface area contributed by atoms with Crippen molar-refractivity contribution in [3.05, 3.63) is 42.2 Å². The third-order valence-corrected chi connectivity index (χ3v) is 3.51. The second-order valence-electron chi connectivity index (χ2n) is 4.90. The van der Waals surface area contributed by atoms with Gasteiger partial charge in [-0.25, -0.2) is 4.98 Å². The van der Waals surface area contributed by atoms with Gasteiger partial charge in [0.25, 0.3) is 0 Å². The molecule has 0 bridgehead atoms. The maximum atomic E-state index is 12.0. The van der Waals surface area contributed by atoms with Crippen LogP contribution in [0.2, 0.25) is 0 Å². The number of carbonyl (C=O) groups excluding carboxylic acids is 1. The number of nitrogens with zero attached hydrogens (tertiary/aromatic N) is 1. The van der Waals surface area contributed by atoms with E-state index in [0.717, 1.165) is 36.1 Å². The number of nitrogens with one attached hydrogen (secondary N) is 2. The van der Waals surface area contributed by atoms with Gasteiger partial charge in [-0.15, -0.1) is 0 Å². The number of H-pyrrole nitrogens is 1. The van der Waals surface area contributed by atoms with Crippen molar-refractivity contribution in [1.82, 2.24) is 15.3 Å². The molecule has 0 saturated heterocycles. The number of carbonyl (C=O) groups is 1. The third-order valence-electron chi connectivity index (χ3n) is 3.51. The van der Waals surface area contributed by atoms with E-state index in [2.05, 4.69) is 27.4 Å². The lowest BCUT2D eigenvalue weighted by Crippen LogP contribution is -2.31. The van der Waals surface area contributed by atoms with Crippen LogP contribution in [0.3, 0.4) is 0 Å². The van der Waals surface area contributed by atoms with E-state index in [1.807, 2.05) is 24.3 Å². The molecule has 0 aliphatic heterocycles. The lowest BCUT2D eigenvalue weighted by molar-refractivity contribution is -0.125. The highest BCUT2D eigenvalue weighted by Gasteiger charge is 2.18. The SMILES string of the molecule is O=C(NCc1nc2ccccc2[nH]1)[C@@H]1CC=CCC1. The minimum atomic E-state index is 0.120. The quantitative estimate of drug-likeness (QED) is 0.828. The number of para-hydroxylation sites is 2. The van der Waals surface area contributed by atoms with Gasteiger partial charge in [0.1, 0.15) is 5.82 Å². The largest absolute Gasteiger partial charge is 0.349 e. The average molecular weight is 255 g/mol. The predicted molar refractivity (Wildman–Crippen MR) is 74.4 cm³/mol. The van der Waals surface area contributed by atoms with E-state index < -0.39 is 0 Å². The molecule has 3 rings (SSSR count). The van der Waals surface area contributed by atoms with Gasteiger partial charge in [-0.05, 0) is 31.4 Å². The smallest absolute Gasteiger partial charge is 0.223 e. The zero-order chi connectivity index (χ0) is 13.1. The van der Waals surface area contributed by atoms with Crippen LogP contribution in [-0.2, 0) is 11.3 Å². The van der Waals surface area contributed by atoms with Crippen LogP contribution in [0.25, 0.3) is 11.0 Å². The molecule has 4 nitrogen and oxygen atoms in total. The van der Waals surface area contributed by atoms with Crippen LogP contribution in [0.1, 0.15) is 25.1 Å². The highest BCUT2D eigenvalue weighted by atomic mass is 16.1. The van der Waals surface area contributed by atoms with Crippen LogP contribution in [0, 0.1) is 5.92 Å².